The quantitative estimate of drug-likeness (QED) is 0.283. The van der Waals surface area contributed by atoms with Crippen LogP contribution in [0.15, 0.2) is 27.8 Å². The second-order valence-corrected chi connectivity index (χ2v) is 6.09. The van der Waals surface area contributed by atoms with Crippen molar-refractivity contribution in [1.29, 1.82) is 0 Å². The standard InChI is InChI=1S/C17H23BrN2O4/c1-23-15-10-9-14(18)11-13(15)12-19-20-16(21)7-5-3-4-6-8-17(22)24-2/h9-12H,3-8H2,1-2H3,(H,20,21)/b19-12+. The first-order valence-electron chi connectivity index (χ1n) is 7.79. The third kappa shape index (κ3) is 8.10. The molecule has 0 saturated heterocycles. The number of unbranched alkanes of at least 4 members (excludes halogenated alkanes) is 3. The average Bonchev–Trinajstić information content (AvgIpc) is 2.58. The SMILES string of the molecule is COC(=O)CCCCCCC(=O)N/N=C/c1cc(Br)ccc1OC. The van der Waals surface area contributed by atoms with Crippen molar-refractivity contribution in [3.63, 3.8) is 0 Å². The van der Waals surface area contributed by atoms with E-state index in [0.29, 0.717) is 18.6 Å². The number of methoxy groups -OCH3 is 2. The van der Waals surface area contributed by atoms with Crippen LogP contribution in [0, 0.1) is 0 Å². The molecule has 0 aliphatic rings. The zero-order valence-corrected chi connectivity index (χ0v) is 15.6. The van der Waals surface area contributed by atoms with Gasteiger partial charge in [-0.2, -0.15) is 5.10 Å². The smallest absolute Gasteiger partial charge is 0.305 e. The molecule has 6 nitrogen and oxygen atoms in total. The van der Waals surface area contributed by atoms with E-state index in [1.54, 1.807) is 13.3 Å². The summed E-state index contributed by atoms with van der Waals surface area (Å²) in [6.45, 7) is 0. The topological polar surface area (TPSA) is 77.0 Å². The molecule has 0 fully saturated rings. The molecular formula is C17H23BrN2O4. The van der Waals surface area contributed by atoms with Gasteiger partial charge in [0.1, 0.15) is 5.75 Å². The molecule has 0 aliphatic carbocycles. The maximum absolute atomic E-state index is 11.7. The molecule has 7 heteroatoms. The molecule has 0 saturated carbocycles. The summed E-state index contributed by atoms with van der Waals surface area (Å²) in [4.78, 5) is 22.6. The molecule has 1 N–H and O–H groups in total. The number of carbonyl (C=O) groups excluding carboxylic acids is 2. The third-order valence-corrected chi connectivity index (χ3v) is 3.84. The zero-order chi connectivity index (χ0) is 17.8. The number of rotatable bonds is 10. The Labute approximate surface area is 150 Å². The molecule has 0 spiro atoms. The number of nitrogens with one attached hydrogen (secondary N) is 1. The molecule has 1 aromatic rings. The van der Waals surface area contributed by atoms with Crippen molar-refractivity contribution in [2.75, 3.05) is 14.2 Å². The van der Waals surface area contributed by atoms with Crippen LogP contribution in [0.25, 0.3) is 0 Å². The number of ether oxygens (including phenoxy) is 2. The van der Waals surface area contributed by atoms with Crippen LogP contribution in [-0.2, 0) is 14.3 Å². The fourth-order valence-corrected chi connectivity index (χ4v) is 2.43. The van der Waals surface area contributed by atoms with Gasteiger partial charge in [0.15, 0.2) is 0 Å². The van der Waals surface area contributed by atoms with Crippen molar-refractivity contribution < 1.29 is 19.1 Å². The van der Waals surface area contributed by atoms with E-state index in [1.807, 2.05) is 18.2 Å². The van der Waals surface area contributed by atoms with Crippen LogP contribution in [0.4, 0.5) is 0 Å². The Kier molecular flexibility index (Phi) is 9.76. The predicted octanol–water partition coefficient (Wildman–Crippen LogP) is 3.42. The van der Waals surface area contributed by atoms with Gasteiger partial charge in [0, 0.05) is 22.9 Å². The summed E-state index contributed by atoms with van der Waals surface area (Å²) in [6.07, 6.45) is 5.75. The van der Waals surface area contributed by atoms with Crippen LogP contribution in [0.3, 0.4) is 0 Å². The fourth-order valence-electron chi connectivity index (χ4n) is 2.05. The van der Waals surface area contributed by atoms with Crippen LogP contribution in [0.1, 0.15) is 44.1 Å². The molecule has 132 valence electrons. The largest absolute Gasteiger partial charge is 0.496 e. The molecule has 0 radical (unpaired) electrons. The Morgan fingerprint density at radius 1 is 1.17 bits per heavy atom. The Morgan fingerprint density at radius 3 is 2.54 bits per heavy atom. The lowest BCUT2D eigenvalue weighted by atomic mass is 10.1. The lowest BCUT2D eigenvalue weighted by Gasteiger charge is -2.04. The van der Waals surface area contributed by atoms with Gasteiger partial charge in [0.05, 0.1) is 20.4 Å². The summed E-state index contributed by atoms with van der Waals surface area (Å²) >= 11 is 3.38. The molecule has 0 bridgehead atoms. The summed E-state index contributed by atoms with van der Waals surface area (Å²) < 4.78 is 10.7. The summed E-state index contributed by atoms with van der Waals surface area (Å²) in [5.74, 6) is 0.361. The van der Waals surface area contributed by atoms with Gasteiger partial charge in [-0.1, -0.05) is 28.8 Å². The molecule has 0 aromatic heterocycles. The van der Waals surface area contributed by atoms with E-state index in [2.05, 4.69) is 31.2 Å². The van der Waals surface area contributed by atoms with E-state index in [4.69, 9.17) is 4.74 Å². The first-order valence-corrected chi connectivity index (χ1v) is 8.58. The number of halogens is 1. The number of esters is 1. The molecule has 0 heterocycles. The zero-order valence-electron chi connectivity index (χ0n) is 14.0. The van der Waals surface area contributed by atoms with Crippen LogP contribution in [-0.4, -0.2) is 32.3 Å². The van der Waals surface area contributed by atoms with Gasteiger partial charge in [-0.15, -0.1) is 0 Å². The van der Waals surface area contributed by atoms with Gasteiger partial charge >= 0.3 is 5.97 Å². The monoisotopic (exact) mass is 398 g/mol. The first kappa shape index (κ1) is 20.2. The minimum atomic E-state index is -0.190. The number of carbonyl (C=O) groups is 2. The van der Waals surface area contributed by atoms with E-state index >= 15 is 0 Å². The maximum Gasteiger partial charge on any atom is 0.305 e. The van der Waals surface area contributed by atoms with Crippen LogP contribution < -0.4 is 10.2 Å². The van der Waals surface area contributed by atoms with E-state index in [9.17, 15) is 9.59 Å². The number of benzene rings is 1. The third-order valence-electron chi connectivity index (χ3n) is 3.35. The van der Waals surface area contributed by atoms with Crippen molar-refractivity contribution >= 4 is 34.0 Å². The Morgan fingerprint density at radius 2 is 1.88 bits per heavy atom. The van der Waals surface area contributed by atoms with Gasteiger partial charge < -0.3 is 9.47 Å². The normalized spacial score (nSPS) is 10.6. The van der Waals surface area contributed by atoms with E-state index in [-0.39, 0.29) is 11.9 Å². The van der Waals surface area contributed by atoms with Gasteiger partial charge in [-0.05, 0) is 31.0 Å². The van der Waals surface area contributed by atoms with Crippen molar-refractivity contribution in [2.24, 2.45) is 5.10 Å². The van der Waals surface area contributed by atoms with E-state index in [1.165, 1.54) is 7.11 Å². The number of nitrogens with zero attached hydrogens (tertiary/aromatic N) is 1. The van der Waals surface area contributed by atoms with Crippen LogP contribution in [0.2, 0.25) is 0 Å². The number of amides is 1. The Hall–Kier alpha value is -1.89. The number of hydrogen-bond acceptors (Lipinski definition) is 5. The van der Waals surface area contributed by atoms with Gasteiger partial charge in [0.25, 0.3) is 0 Å². The lowest BCUT2D eigenvalue weighted by Crippen LogP contribution is -2.17. The minimum absolute atomic E-state index is 0.131. The highest BCUT2D eigenvalue weighted by Gasteiger charge is 2.03. The Bertz CT molecular complexity index is 576. The van der Waals surface area contributed by atoms with E-state index < -0.39 is 0 Å². The summed E-state index contributed by atoms with van der Waals surface area (Å²) in [5, 5.41) is 3.95. The van der Waals surface area contributed by atoms with Crippen molar-refractivity contribution in [2.45, 2.75) is 38.5 Å². The number of hydrogen-bond donors (Lipinski definition) is 1. The van der Waals surface area contributed by atoms with Gasteiger partial charge in [0.2, 0.25) is 5.91 Å². The molecule has 0 atom stereocenters. The minimum Gasteiger partial charge on any atom is -0.496 e. The summed E-state index contributed by atoms with van der Waals surface area (Å²) in [6, 6.07) is 5.55. The van der Waals surface area contributed by atoms with Crippen molar-refractivity contribution in [3.05, 3.63) is 28.2 Å². The lowest BCUT2D eigenvalue weighted by molar-refractivity contribution is -0.140. The van der Waals surface area contributed by atoms with E-state index in [0.717, 1.165) is 35.7 Å². The van der Waals surface area contributed by atoms with Crippen molar-refractivity contribution in [1.82, 2.24) is 5.43 Å². The molecule has 0 unspecified atom stereocenters. The highest BCUT2D eigenvalue weighted by atomic mass is 79.9. The summed E-state index contributed by atoms with van der Waals surface area (Å²) in [5.41, 5.74) is 3.28. The van der Waals surface area contributed by atoms with Gasteiger partial charge in [-0.3, -0.25) is 9.59 Å². The molecule has 1 rings (SSSR count). The molecule has 0 aliphatic heterocycles. The second kappa shape index (κ2) is 11.6. The first-order chi connectivity index (χ1) is 11.6. The van der Waals surface area contributed by atoms with Crippen LogP contribution in [0.5, 0.6) is 5.75 Å². The van der Waals surface area contributed by atoms with Gasteiger partial charge in [-0.25, -0.2) is 5.43 Å². The Balaban J connectivity index is 2.24. The highest BCUT2D eigenvalue weighted by Crippen LogP contribution is 2.21. The molecule has 24 heavy (non-hydrogen) atoms. The average molecular weight is 399 g/mol. The maximum atomic E-state index is 11.7. The fraction of sp³-hybridized carbons (Fsp3) is 0.471. The summed E-state index contributed by atoms with van der Waals surface area (Å²) in [7, 11) is 2.97. The molecule has 1 aromatic carbocycles. The van der Waals surface area contributed by atoms with Crippen molar-refractivity contribution in [3.8, 4) is 5.75 Å². The number of hydrazone groups is 1. The van der Waals surface area contributed by atoms with Crippen LogP contribution >= 0.6 is 15.9 Å². The predicted molar refractivity (Wildman–Crippen MR) is 96.1 cm³/mol. The highest BCUT2D eigenvalue weighted by molar-refractivity contribution is 9.10. The second-order valence-electron chi connectivity index (χ2n) is 5.17. The molecule has 1 amide bonds. The molecular weight excluding hydrogens is 376 g/mol.